The maximum atomic E-state index is 13.2. The van der Waals surface area contributed by atoms with Crippen molar-refractivity contribution >= 4 is 5.91 Å². The third-order valence-electron chi connectivity index (χ3n) is 6.08. The van der Waals surface area contributed by atoms with Gasteiger partial charge in [0.05, 0.1) is 12.3 Å². The highest BCUT2D eigenvalue weighted by Crippen LogP contribution is 2.29. The molecule has 162 valence electrons. The van der Waals surface area contributed by atoms with Crippen molar-refractivity contribution in [1.29, 1.82) is 0 Å². The molecule has 1 aliphatic heterocycles. The van der Waals surface area contributed by atoms with Crippen LogP contribution in [0.15, 0.2) is 24.3 Å². The topological polar surface area (TPSA) is 86.9 Å². The fraction of sp³-hybridized carbons (Fsp3) is 0.409. The van der Waals surface area contributed by atoms with Crippen LogP contribution in [-0.4, -0.2) is 50.9 Å². The summed E-state index contributed by atoms with van der Waals surface area (Å²) >= 11 is 0. The zero-order valence-corrected chi connectivity index (χ0v) is 17.0. The van der Waals surface area contributed by atoms with E-state index in [4.69, 9.17) is 4.74 Å². The molecule has 2 aromatic heterocycles. The summed E-state index contributed by atoms with van der Waals surface area (Å²) in [7, 11) is 0. The molecule has 0 spiro atoms. The van der Waals surface area contributed by atoms with Crippen LogP contribution in [0.4, 0.5) is 8.78 Å². The first-order valence-corrected chi connectivity index (χ1v) is 10.6. The number of hydrogen-bond donors (Lipinski definition) is 2. The highest BCUT2D eigenvalue weighted by Gasteiger charge is 2.33. The van der Waals surface area contributed by atoms with Crippen molar-refractivity contribution in [3.05, 3.63) is 64.2 Å². The fourth-order valence-electron chi connectivity index (χ4n) is 4.39. The van der Waals surface area contributed by atoms with E-state index in [1.165, 1.54) is 6.07 Å². The van der Waals surface area contributed by atoms with E-state index in [0.717, 1.165) is 60.5 Å². The number of carbonyl (C=O) groups is 1. The van der Waals surface area contributed by atoms with Gasteiger partial charge in [-0.15, -0.1) is 0 Å². The average Bonchev–Trinajstić information content (AvgIpc) is 3.54. The number of amides is 1. The number of benzene rings is 1. The number of carbonyl (C=O) groups excluding carboxylic acids is 1. The molecule has 2 N–H and O–H groups in total. The summed E-state index contributed by atoms with van der Waals surface area (Å²) in [5, 5.41) is 14.7. The minimum absolute atomic E-state index is 0.00223. The van der Waals surface area contributed by atoms with E-state index in [2.05, 4.69) is 20.4 Å². The Bertz CT molecular complexity index is 1110. The summed E-state index contributed by atoms with van der Waals surface area (Å²) in [6.45, 7) is 1.62. The lowest BCUT2D eigenvalue weighted by molar-refractivity contribution is 0.0783. The van der Waals surface area contributed by atoms with E-state index >= 15 is 0 Å². The van der Waals surface area contributed by atoms with E-state index < -0.39 is 11.6 Å². The summed E-state index contributed by atoms with van der Waals surface area (Å²) in [5.41, 5.74) is 4.57. The van der Waals surface area contributed by atoms with E-state index in [0.29, 0.717) is 31.8 Å². The van der Waals surface area contributed by atoms with E-state index in [-0.39, 0.29) is 17.6 Å². The molecule has 3 aromatic rings. The SMILES string of the molecule is O=C(c1n[nH]c2c1CCC2)N1CC[C@@H](c2cc(CCOc3ccc(F)c(F)c3)[nH]n2)C1. The van der Waals surface area contributed by atoms with Gasteiger partial charge in [0.2, 0.25) is 0 Å². The molecule has 0 unspecified atom stereocenters. The normalized spacial score (nSPS) is 17.9. The van der Waals surface area contributed by atoms with Crippen molar-refractivity contribution in [3.63, 3.8) is 0 Å². The number of nitrogens with one attached hydrogen (secondary N) is 2. The molecule has 9 heteroatoms. The summed E-state index contributed by atoms with van der Waals surface area (Å²) in [6.07, 6.45) is 4.37. The van der Waals surface area contributed by atoms with Crippen LogP contribution in [0.25, 0.3) is 0 Å². The minimum atomic E-state index is -0.929. The van der Waals surface area contributed by atoms with Crippen molar-refractivity contribution in [2.75, 3.05) is 19.7 Å². The van der Waals surface area contributed by atoms with Gasteiger partial charge in [-0.2, -0.15) is 10.2 Å². The summed E-state index contributed by atoms with van der Waals surface area (Å²) < 4.78 is 31.7. The number of fused-ring (bicyclic) bond motifs is 1. The molecule has 1 aromatic carbocycles. The van der Waals surface area contributed by atoms with Gasteiger partial charge in [-0.3, -0.25) is 15.0 Å². The lowest BCUT2D eigenvalue weighted by atomic mass is 10.0. The van der Waals surface area contributed by atoms with Crippen molar-refractivity contribution in [3.8, 4) is 5.75 Å². The number of H-pyrrole nitrogens is 2. The van der Waals surface area contributed by atoms with Crippen LogP contribution in [0.2, 0.25) is 0 Å². The van der Waals surface area contributed by atoms with Crippen LogP contribution >= 0.6 is 0 Å². The number of hydrogen-bond acceptors (Lipinski definition) is 4. The molecule has 0 bridgehead atoms. The molecular weight excluding hydrogens is 404 g/mol. The molecule has 1 saturated heterocycles. The van der Waals surface area contributed by atoms with Gasteiger partial charge in [0.25, 0.3) is 5.91 Å². The van der Waals surface area contributed by atoms with Gasteiger partial charge in [0.15, 0.2) is 17.3 Å². The fourth-order valence-corrected chi connectivity index (χ4v) is 4.39. The first-order chi connectivity index (χ1) is 15.1. The average molecular weight is 427 g/mol. The van der Waals surface area contributed by atoms with Gasteiger partial charge in [-0.25, -0.2) is 8.78 Å². The second-order valence-corrected chi connectivity index (χ2v) is 8.11. The lowest BCUT2D eigenvalue weighted by Crippen LogP contribution is -2.29. The standard InChI is InChI=1S/C22H23F2N5O2/c23-17-5-4-15(11-18(17)24)31-9-7-14-10-20(27-25-14)13-6-8-29(12-13)22(30)21-16-2-1-3-19(16)26-28-21/h4-5,10-11,13H,1-3,6-9,12H2,(H,25,27)(H,26,28)/t13-/m1/s1. The third-order valence-corrected chi connectivity index (χ3v) is 6.08. The number of nitrogens with zero attached hydrogens (tertiary/aromatic N) is 3. The molecule has 1 amide bonds. The molecule has 31 heavy (non-hydrogen) atoms. The van der Waals surface area contributed by atoms with Crippen LogP contribution in [-0.2, 0) is 19.3 Å². The van der Waals surface area contributed by atoms with Gasteiger partial charge >= 0.3 is 0 Å². The number of aromatic amines is 2. The van der Waals surface area contributed by atoms with E-state index in [1.807, 2.05) is 11.0 Å². The zero-order chi connectivity index (χ0) is 21.4. The van der Waals surface area contributed by atoms with Crippen LogP contribution in [0.3, 0.4) is 0 Å². The minimum Gasteiger partial charge on any atom is -0.493 e. The second-order valence-electron chi connectivity index (χ2n) is 8.11. The Hall–Kier alpha value is -3.23. The van der Waals surface area contributed by atoms with Crippen molar-refractivity contribution in [2.45, 2.75) is 38.0 Å². The molecule has 3 heterocycles. The molecule has 5 rings (SSSR count). The number of aromatic nitrogens is 4. The maximum Gasteiger partial charge on any atom is 0.274 e. The summed E-state index contributed by atoms with van der Waals surface area (Å²) in [6, 6.07) is 5.46. The van der Waals surface area contributed by atoms with Gasteiger partial charge < -0.3 is 9.64 Å². The number of aryl methyl sites for hydroxylation is 1. The van der Waals surface area contributed by atoms with Crippen molar-refractivity contribution in [1.82, 2.24) is 25.3 Å². The van der Waals surface area contributed by atoms with E-state index in [1.54, 1.807) is 0 Å². The highest BCUT2D eigenvalue weighted by atomic mass is 19.2. The second kappa shape index (κ2) is 8.13. The third kappa shape index (κ3) is 3.92. The van der Waals surface area contributed by atoms with Crippen molar-refractivity contribution < 1.29 is 18.3 Å². The summed E-state index contributed by atoms with van der Waals surface area (Å²) in [4.78, 5) is 14.8. The Labute approximate surface area is 177 Å². The van der Waals surface area contributed by atoms with E-state index in [9.17, 15) is 13.6 Å². The quantitative estimate of drug-likeness (QED) is 0.633. The molecule has 0 radical (unpaired) electrons. The molecular formula is C22H23F2N5O2. The van der Waals surface area contributed by atoms with Crippen LogP contribution in [0.1, 0.15) is 51.9 Å². The number of rotatable bonds is 6. The smallest absolute Gasteiger partial charge is 0.274 e. The molecule has 0 saturated carbocycles. The lowest BCUT2D eigenvalue weighted by Gasteiger charge is -2.15. The maximum absolute atomic E-state index is 13.2. The predicted molar refractivity (Wildman–Crippen MR) is 108 cm³/mol. The Morgan fingerprint density at radius 2 is 2.06 bits per heavy atom. The highest BCUT2D eigenvalue weighted by molar-refractivity contribution is 5.94. The Morgan fingerprint density at radius 1 is 1.16 bits per heavy atom. The first-order valence-electron chi connectivity index (χ1n) is 10.6. The first kappa shape index (κ1) is 19.7. The predicted octanol–water partition coefficient (Wildman–Crippen LogP) is 3.15. The molecule has 7 nitrogen and oxygen atoms in total. The summed E-state index contributed by atoms with van der Waals surface area (Å²) in [5.74, 6) is -1.37. The molecule has 1 atom stereocenters. The van der Waals surface area contributed by atoms with Crippen LogP contribution in [0.5, 0.6) is 5.75 Å². The Morgan fingerprint density at radius 3 is 2.94 bits per heavy atom. The molecule has 2 aliphatic rings. The van der Waals surface area contributed by atoms with Crippen LogP contribution in [0, 0.1) is 11.6 Å². The van der Waals surface area contributed by atoms with Gasteiger partial charge in [-0.05, 0) is 43.9 Å². The monoisotopic (exact) mass is 427 g/mol. The van der Waals surface area contributed by atoms with Gasteiger partial charge in [-0.1, -0.05) is 0 Å². The molecule has 1 fully saturated rings. The zero-order valence-electron chi connectivity index (χ0n) is 17.0. The largest absolute Gasteiger partial charge is 0.493 e. The molecule has 1 aliphatic carbocycles. The van der Waals surface area contributed by atoms with Gasteiger partial charge in [0.1, 0.15) is 5.75 Å². The van der Waals surface area contributed by atoms with Crippen molar-refractivity contribution in [2.24, 2.45) is 0 Å². The Kier molecular flexibility index (Phi) is 5.17. The number of likely N-dealkylation sites (tertiary alicyclic amines) is 1. The van der Waals surface area contributed by atoms with Gasteiger partial charge in [0, 0.05) is 48.4 Å². The number of halogens is 2. The van der Waals surface area contributed by atoms with Crippen LogP contribution < -0.4 is 4.74 Å². The number of ether oxygens (including phenoxy) is 1. The Balaban J connectivity index is 1.16.